The molecular formula is C14H15ClN4O. The van der Waals surface area contributed by atoms with Gasteiger partial charge in [0.05, 0.1) is 12.8 Å². The molecule has 3 rings (SSSR count). The third-order valence-corrected chi connectivity index (χ3v) is 3.40. The number of methoxy groups -OCH3 is 1. The van der Waals surface area contributed by atoms with E-state index in [1.807, 2.05) is 24.3 Å². The zero-order valence-corrected chi connectivity index (χ0v) is 11.9. The topological polar surface area (TPSA) is 59.1 Å². The molecule has 2 heterocycles. The van der Waals surface area contributed by atoms with Crippen LogP contribution in [0.1, 0.15) is 11.3 Å². The summed E-state index contributed by atoms with van der Waals surface area (Å²) in [6.07, 6.45) is 0.873. The van der Waals surface area contributed by atoms with Gasteiger partial charge < -0.3 is 15.4 Å². The molecule has 0 bridgehead atoms. The van der Waals surface area contributed by atoms with Crippen molar-refractivity contribution in [3.05, 3.63) is 40.5 Å². The Morgan fingerprint density at radius 2 is 2.25 bits per heavy atom. The molecule has 0 saturated heterocycles. The van der Waals surface area contributed by atoms with E-state index in [2.05, 4.69) is 20.6 Å². The van der Waals surface area contributed by atoms with Gasteiger partial charge in [-0.25, -0.2) is 4.98 Å². The van der Waals surface area contributed by atoms with E-state index in [4.69, 9.17) is 16.3 Å². The number of halogens is 1. The molecule has 0 spiro atoms. The summed E-state index contributed by atoms with van der Waals surface area (Å²) >= 11 is 5.97. The van der Waals surface area contributed by atoms with Gasteiger partial charge in [0.2, 0.25) is 11.8 Å². The Morgan fingerprint density at radius 3 is 3.05 bits per heavy atom. The molecule has 0 saturated carbocycles. The number of fused-ring (bicyclic) bond motifs is 1. The van der Waals surface area contributed by atoms with Crippen LogP contribution in [0, 0.1) is 0 Å². The summed E-state index contributed by atoms with van der Waals surface area (Å²) in [5.41, 5.74) is 2.92. The third-order valence-electron chi connectivity index (χ3n) is 3.17. The molecular weight excluding hydrogens is 276 g/mol. The standard InChI is InChI=1S/C14H15ClN4O/c1-20-13-11-8-16-6-5-12(11)18-14(19-13)17-10-4-2-3-9(15)7-10/h2-4,7,16H,5-6,8H2,1H3,(H,17,18,19). The van der Waals surface area contributed by atoms with Gasteiger partial charge in [-0.2, -0.15) is 4.98 Å². The summed E-state index contributed by atoms with van der Waals surface area (Å²) < 4.78 is 5.36. The predicted octanol–water partition coefficient (Wildman–Crippen LogP) is 2.53. The number of aromatic nitrogens is 2. The average molecular weight is 291 g/mol. The van der Waals surface area contributed by atoms with Crippen molar-refractivity contribution in [2.75, 3.05) is 19.0 Å². The first-order chi connectivity index (χ1) is 9.76. The minimum atomic E-state index is 0.532. The Bertz CT molecular complexity index is 615. The maximum absolute atomic E-state index is 5.97. The third kappa shape index (κ3) is 2.69. The van der Waals surface area contributed by atoms with Gasteiger partial charge in [-0.15, -0.1) is 0 Å². The zero-order chi connectivity index (χ0) is 13.9. The van der Waals surface area contributed by atoms with Crippen molar-refractivity contribution in [1.29, 1.82) is 0 Å². The van der Waals surface area contributed by atoms with E-state index in [0.29, 0.717) is 16.9 Å². The number of ether oxygens (including phenoxy) is 1. The number of benzene rings is 1. The minimum absolute atomic E-state index is 0.532. The first-order valence-corrected chi connectivity index (χ1v) is 6.81. The monoisotopic (exact) mass is 290 g/mol. The van der Waals surface area contributed by atoms with Crippen LogP contribution in [-0.2, 0) is 13.0 Å². The van der Waals surface area contributed by atoms with Gasteiger partial charge in [0.15, 0.2) is 0 Å². The SMILES string of the molecule is COc1nc(Nc2cccc(Cl)c2)nc2c1CNCC2. The fourth-order valence-electron chi connectivity index (χ4n) is 2.23. The fourth-order valence-corrected chi connectivity index (χ4v) is 2.42. The Labute approximate surface area is 122 Å². The molecule has 0 amide bonds. The summed E-state index contributed by atoms with van der Waals surface area (Å²) in [6, 6.07) is 7.46. The highest BCUT2D eigenvalue weighted by atomic mass is 35.5. The molecule has 20 heavy (non-hydrogen) atoms. The fraction of sp³-hybridized carbons (Fsp3) is 0.286. The molecule has 104 valence electrons. The van der Waals surface area contributed by atoms with Gasteiger partial charge >= 0.3 is 0 Å². The van der Waals surface area contributed by atoms with E-state index < -0.39 is 0 Å². The molecule has 0 fully saturated rings. The first kappa shape index (κ1) is 13.1. The molecule has 0 atom stereocenters. The molecule has 0 radical (unpaired) electrons. The second kappa shape index (κ2) is 5.64. The van der Waals surface area contributed by atoms with Crippen LogP contribution < -0.4 is 15.4 Å². The average Bonchev–Trinajstić information content (AvgIpc) is 2.46. The molecule has 0 aliphatic carbocycles. The van der Waals surface area contributed by atoms with Gasteiger partial charge in [0.25, 0.3) is 0 Å². The van der Waals surface area contributed by atoms with Crippen molar-refractivity contribution < 1.29 is 4.74 Å². The molecule has 1 aromatic heterocycles. The van der Waals surface area contributed by atoms with Gasteiger partial charge in [0, 0.05) is 35.8 Å². The molecule has 1 aromatic carbocycles. The Balaban J connectivity index is 1.94. The van der Waals surface area contributed by atoms with E-state index >= 15 is 0 Å². The van der Waals surface area contributed by atoms with Gasteiger partial charge in [0.1, 0.15) is 0 Å². The smallest absolute Gasteiger partial charge is 0.230 e. The van der Waals surface area contributed by atoms with Crippen LogP contribution in [0.5, 0.6) is 5.88 Å². The van der Waals surface area contributed by atoms with E-state index in [1.165, 1.54) is 0 Å². The zero-order valence-electron chi connectivity index (χ0n) is 11.1. The Hall–Kier alpha value is -1.85. The lowest BCUT2D eigenvalue weighted by atomic mass is 10.1. The largest absolute Gasteiger partial charge is 0.481 e. The Kier molecular flexibility index (Phi) is 3.71. The van der Waals surface area contributed by atoms with Gasteiger partial charge in [-0.3, -0.25) is 0 Å². The van der Waals surface area contributed by atoms with Gasteiger partial charge in [-0.1, -0.05) is 17.7 Å². The number of anilines is 2. The highest BCUT2D eigenvalue weighted by Gasteiger charge is 2.18. The van der Waals surface area contributed by atoms with Gasteiger partial charge in [-0.05, 0) is 18.2 Å². The van der Waals surface area contributed by atoms with Crippen LogP contribution in [0.15, 0.2) is 24.3 Å². The summed E-state index contributed by atoms with van der Waals surface area (Å²) in [4.78, 5) is 8.96. The number of hydrogen-bond donors (Lipinski definition) is 2. The van der Waals surface area contributed by atoms with Crippen molar-refractivity contribution in [2.45, 2.75) is 13.0 Å². The summed E-state index contributed by atoms with van der Waals surface area (Å²) in [5.74, 6) is 1.15. The second-order valence-electron chi connectivity index (χ2n) is 4.54. The van der Waals surface area contributed by atoms with E-state index in [0.717, 1.165) is 36.5 Å². The maximum atomic E-state index is 5.97. The summed E-state index contributed by atoms with van der Waals surface area (Å²) in [6.45, 7) is 1.67. The number of rotatable bonds is 3. The van der Waals surface area contributed by atoms with Crippen LogP contribution in [0.4, 0.5) is 11.6 Å². The number of hydrogen-bond acceptors (Lipinski definition) is 5. The van der Waals surface area contributed by atoms with E-state index in [-0.39, 0.29) is 0 Å². The number of nitrogens with one attached hydrogen (secondary N) is 2. The van der Waals surface area contributed by atoms with Crippen LogP contribution in [0.25, 0.3) is 0 Å². The molecule has 5 nitrogen and oxygen atoms in total. The second-order valence-corrected chi connectivity index (χ2v) is 4.98. The Morgan fingerprint density at radius 1 is 1.35 bits per heavy atom. The minimum Gasteiger partial charge on any atom is -0.481 e. The van der Waals surface area contributed by atoms with Crippen LogP contribution in [0.2, 0.25) is 5.02 Å². The maximum Gasteiger partial charge on any atom is 0.230 e. The van der Waals surface area contributed by atoms with E-state index in [9.17, 15) is 0 Å². The summed E-state index contributed by atoms with van der Waals surface area (Å²) in [5, 5.41) is 7.13. The first-order valence-electron chi connectivity index (χ1n) is 6.43. The van der Waals surface area contributed by atoms with Crippen molar-refractivity contribution in [2.24, 2.45) is 0 Å². The lowest BCUT2D eigenvalue weighted by molar-refractivity contribution is 0.386. The van der Waals surface area contributed by atoms with Crippen molar-refractivity contribution >= 4 is 23.2 Å². The van der Waals surface area contributed by atoms with Crippen molar-refractivity contribution in [1.82, 2.24) is 15.3 Å². The lowest BCUT2D eigenvalue weighted by Gasteiger charge is -2.19. The normalized spacial score (nSPS) is 13.7. The molecule has 1 aliphatic rings. The summed E-state index contributed by atoms with van der Waals surface area (Å²) in [7, 11) is 1.63. The van der Waals surface area contributed by atoms with Crippen molar-refractivity contribution in [3.63, 3.8) is 0 Å². The molecule has 0 unspecified atom stereocenters. The molecule has 2 N–H and O–H groups in total. The molecule has 6 heteroatoms. The van der Waals surface area contributed by atoms with Crippen LogP contribution >= 0.6 is 11.6 Å². The molecule has 2 aromatic rings. The predicted molar refractivity (Wildman–Crippen MR) is 78.7 cm³/mol. The van der Waals surface area contributed by atoms with Crippen molar-refractivity contribution in [3.8, 4) is 5.88 Å². The van der Waals surface area contributed by atoms with E-state index in [1.54, 1.807) is 7.11 Å². The van der Waals surface area contributed by atoms with Crippen LogP contribution in [-0.4, -0.2) is 23.6 Å². The van der Waals surface area contributed by atoms with Crippen LogP contribution in [0.3, 0.4) is 0 Å². The highest BCUT2D eigenvalue weighted by Crippen LogP contribution is 2.25. The quantitative estimate of drug-likeness (QED) is 0.910. The lowest BCUT2D eigenvalue weighted by Crippen LogP contribution is -2.26. The molecule has 1 aliphatic heterocycles. The highest BCUT2D eigenvalue weighted by molar-refractivity contribution is 6.30. The number of nitrogens with zero attached hydrogens (tertiary/aromatic N) is 2.